The van der Waals surface area contributed by atoms with Gasteiger partial charge in [0.1, 0.15) is 17.9 Å². The fourth-order valence-electron chi connectivity index (χ4n) is 2.29. The van der Waals surface area contributed by atoms with Crippen molar-refractivity contribution in [3.63, 3.8) is 0 Å². The molecule has 1 aromatic carbocycles. The summed E-state index contributed by atoms with van der Waals surface area (Å²) in [5.41, 5.74) is 0.469. The Bertz CT molecular complexity index is 690. The summed E-state index contributed by atoms with van der Waals surface area (Å²) in [7, 11) is 1.61. The van der Waals surface area contributed by atoms with Crippen LogP contribution in [0.15, 0.2) is 29.3 Å². The van der Waals surface area contributed by atoms with Gasteiger partial charge in [-0.3, -0.25) is 4.79 Å². The lowest BCUT2D eigenvalue weighted by molar-refractivity contribution is -0.119. The van der Waals surface area contributed by atoms with Crippen molar-refractivity contribution in [1.82, 2.24) is 21.3 Å². The van der Waals surface area contributed by atoms with Crippen LogP contribution in [-0.2, 0) is 16.1 Å². The van der Waals surface area contributed by atoms with E-state index in [4.69, 9.17) is 9.47 Å². The molecule has 0 heterocycles. The lowest BCUT2D eigenvalue weighted by Crippen LogP contribution is -2.40. The molecule has 2 amide bonds. The second-order valence-corrected chi connectivity index (χ2v) is 7.53. The number of rotatable bonds is 10. The van der Waals surface area contributed by atoms with E-state index >= 15 is 0 Å². The molecule has 0 aliphatic carbocycles. The number of hydrogen-bond donors (Lipinski definition) is 4. The number of carbonyl (C=O) groups excluding carboxylic acids is 2. The van der Waals surface area contributed by atoms with Crippen LogP contribution in [0.5, 0.6) is 5.75 Å². The summed E-state index contributed by atoms with van der Waals surface area (Å²) in [5.74, 6) is 1.15. The van der Waals surface area contributed by atoms with Gasteiger partial charge in [0.2, 0.25) is 5.91 Å². The minimum absolute atomic E-state index is 0. The van der Waals surface area contributed by atoms with Gasteiger partial charge in [-0.15, -0.1) is 24.0 Å². The second-order valence-electron chi connectivity index (χ2n) is 7.53. The molecule has 0 saturated heterocycles. The van der Waals surface area contributed by atoms with Gasteiger partial charge < -0.3 is 30.7 Å². The highest BCUT2D eigenvalue weighted by atomic mass is 127. The van der Waals surface area contributed by atoms with Crippen LogP contribution in [0.4, 0.5) is 4.79 Å². The van der Waals surface area contributed by atoms with E-state index in [9.17, 15) is 9.59 Å². The Labute approximate surface area is 202 Å². The van der Waals surface area contributed by atoms with Crippen molar-refractivity contribution >= 4 is 41.9 Å². The van der Waals surface area contributed by atoms with Crippen molar-refractivity contribution in [1.29, 1.82) is 0 Å². The first-order chi connectivity index (χ1) is 14.2. The van der Waals surface area contributed by atoms with Gasteiger partial charge >= 0.3 is 6.09 Å². The number of nitrogens with one attached hydrogen (secondary N) is 4. The van der Waals surface area contributed by atoms with Gasteiger partial charge in [0.15, 0.2) is 5.96 Å². The quantitative estimate of drug-likeness (QED) is 0.154. The van der Waals surface area contributed by atoms with Crippen molar-refractivity contribution < 1.29 is 19.1 Å². The number of nitrogens with zero attached hydrogens (tertiary/aromatic N) is 1. The standard InChI is InChI=1S/C21H35N5O4.HI/c1-6-22-19(23-12-7-13-24-20(28)30-21(2,3)4)26-15-18(27)25-14-16-8-10-17(29-5)11-9-16;/h8-11H,6-7,12-15H2,1-5H3,(H,24,28)(H,25,27)(H2,22,23,26);1H. The largest absolute Gasteiger partial charge is 0.497 e. The van der Waals surface area contributed by atoms with E-state index in [1.165, 1.54) is 0 Å². The monoisotopic (exact) mass is 549 g/mol. The molecular formula is C21H36IN5O4. The van der Waals surface area contributed by atoms with E-state index in [0.717, 1.165) is 11.3 Å². The predicted octanol–water partition coefficient (Wildman–Crippen LogP) is 2.40. The first-order valence-corrected chi connectivity index (χ1v) is 10.1. The number of guanidine groups is 1. The Kier molecular flexibility index (Phi) is 14.4. The zero-order valence-electron chi connectivity index (χ0n) is 19.0. The number of aliphatic imine (C=N–C) groups is 1. The number of amides is 2. The van der Waals surface area contributed by atoms with Gasteiger partial charge in [-0.25, -0.2) is 9.79 Å². The molecular weight excluding hydrogens is 513 g/mol. The first-order valence-electron chi connectivity index (χ1n) is 10.1. The molecule has 10 heteroatoms. The maximum atomic E-state index is 12.1. The van der Waals surface area contributed by atoms with Gasteiger partial charge in [0.05, 0.1) is 7.11 Å². The summed E-state index contributed by atoms with van der Waals surface area (Å²) in [6.45, 7) is 9.60. The summed E-state index contributed by atoms with van der Waals surface area (Å²) >= 11 is 0. The highest BCUT2D eigenvalue weighted by molar-refractivity contribution is 14.0. The summed E-state index contributed by atoms with van der Waals surface area (Å²) in [6.07, 6.45) is 0.254. The Hall–Kier alpha value is -2.24. The van der Waals surface area contributed by atoms with Crippen molar-refractivity contribution in [2.24, 2.45) is 4.99 Å². The predicted molar refractivity (Wildman–Crippen MR) is 133 cm³/mol. The Morgan fingerprint density at radius 3 is 2.23 bits per heavy atom. The number of hydrogen-bond acceptors (Lipinski definition) is 5. The van der Waals surface area contributed by atoms with Crippen LogP contribution in [0.25, 0.3) is 0 Å². The summed E-state index contributed by atoms with van der Waals surface area (Å²) in [4.78, 5) is 27.9. The summed E-state index contributed by atoms with van der Waals surface area (Å²) in [6, 6.07) is 7.51. The molecule has 176 valence electrons. The van der Waals surface area contributed by atoms with E-state index in [-0.39, 0.29) is 36.4 Å². The molecule has 9 nitrogen and oxygen atoms in total. The minimum atomic E-state index is -0.513. The van der Waals surface area contributed by atoms with Crippen LogP contribution in [0.2, 0.25) is 0 Å². The number of methoxy groups -OCH3 is 1. The average Bonchev–Trinajstić information content (AvgIpc) is 2.69. The van der Waals surface area contributed by atoms with Crippen LogP contribution in [0.1, 0.15) is 39.7 Å². The molecule has 1 aromatic rings. The Morgan fingerprint density at radius 2 is 1.65 bits per heavy atom. The highest BCUT2D eigenvalue weighted by Crippen LogP contribution is 2.10. The molecule has 0 aromatic heterocycles. The van der Waals surface area contributed by atoms with Crippen LogP contribution in [-0.4, -0.2) is 56.8 Å². The van der Waals surface area contributed by atoms with E-state index < -0.39 is 11.7 Å². The van der Waals surface area contributed by atoms with Crippen LogP contribution < -0.4 is 26.0 Å². The Balaban J connectivity index is 0.00000900. The SMILES string of the molecule is CCNC(=NCC(=O)NCc1ccc(OC)cc1)NCCCNC(=O)OC(C)(C)C.I. The topological polar surface area (TPSA) is 113 Å². The van der Waals surface area contributed by atoms with Crippen molar-refractivity contribution in [2.45, 2.75) is 46.3 Å². The van der Waals surface area contributed by atoms with Crippen molar-refractivity contribution in [2.75, 3.05) is 33.3 Å². The fraction of sp³-hybridized carbons (Fsp3) is 0.571. The molecule has 0 fully saturated rings. The molecule has 0 bridgehead atoms. The number of benzene rings is 1. The molecule has 4 N–H and O–H groups in total. The highest BCUT2D eigenvalue weighted by Gasteiger charge is 2.15. The second kappa shape index (κ2) is 15.5. The van der Waals surface area contributed by atoms with E-state index in [1.54, 1.807) is 7.11 Å². The van der Waals surface area contributed by atoms with Crippen molar-refractivity contribution in [3.8, 4) is 5.75 Å². The third-order valence-electron chi connectivity index (χ3n) is 3.69. The number of halogens is 1. The molecule has 0 unspecified atom stereocenters. The zero-order valence-corrected chi connectivity index (χ0v) is 21.4. The van der Waals surface area contributed by atoms with E-state index in [2.05, 4.69) is 26.3 Å². The van der Waals surface area contributed by atoms with Gasteiger partial charge in [-0.2, -0.15) is 0 Å². The lowest BCUT2D eigenvalue weighted by atomic mass is 10.2. The summed E-state index contributed by atoms with van der Waals surface area (Å²) in [5, 5.41) is 11.8. The third kappa shape index (κ3) is 14.4. The van der Waals surface area contributed by atoms with Gasteiger partial charge in [0, 0.05) is 26.2 Å². The van der Waals surface area contributed by atoms with Gasteiger partial charge in [-0.05, 0) is 51.8 Å². The molecule has 0 saturated carbocycles. The average molecular weight is 549 g/mol. The minimum Gasteiger partial charge on any atom is -0.497 e. The number of carbonyl (C=O) groups is 2. The summed E-state index contributed by atoms with van der Waals surface area (Å²) < 4.78 is 10.3. The van der Waals surface area contributed by atoms with E-state index in [1.807, 2.05) is 52.0 Å². The van der Waals surface area contributed by atoms with Crippen molar-refractivity contribution in [3.05, 3.63) is 29.8 Å². The number of ether oxygens (including phenoxy) is 2. The third-order valence-corrected chi connectivity index (χ3v) is 3.69. The molecule has 0 aliphatic rings. The van der Waals surface area contributed by atoms with Gasteiger partial charge in [-0.1, -0.05) is 12.1 Å². The molecule has 0 atom stereocenters. The van der Waals surface area contributed by atoms with Crippen LogP contribution in [0.3, 0.4) is 0 Å². The number of alkyl carbamates (subject to hydrolysis) is 1. The maximum absolute atomic E-state index is 12.1. The molecule has 31 heavy (non-hydrogen) atoms. The maximum Gasteiger partial charge on any atom is 0.407 e. The van der Waals surface area contributed by atoms with Crippen LogP contribution >= 0.6 is 24.0 Å². The fourth-order valence-corrected chi connectivity index (χ4v) is 2.29. The normalized spacial score (nSPS) is 11.1. The van der Waals surface area contributed by atoms with Crippen LogP contribution in [0, 0.1) is 0 Å². The molecule has 1 rings (SSSR count). The first kappa shape index (κ1) is 28.8. The molecule has 0 spiro atoms. The lowest BCUT2D eigenvalue weighted by Gasteiger charge is -2.19. The molecule has 0 aliphatic heterocycles. The zero-order chi connectivity index (χ0) is 22.4. The molecule has 0 radical (unpaired) electrons. The Morgan fingerprint density at radius 1 is 1.00 bits per heavy atom. The smallest absolute Gasteiger partial charge is 0.407 e. The van der Waals surface area contributed by atoms with Gasteiger partial charge in [0.25, 0.3) is 0 Å². The van der Waals surface area contributed by atoms with E-state index in [0.29, 0.717) is 38.6 Å².